The summed E-state index contributed by atoms with van der Waals surface area (Å²) in [5.74, 6) is 0.695. The van der Waals surface area contributed by atoms with Crippen molar-refractivity contribution in [3.8, 4) is 5.75 Å². The van der Waals surface area contributed by atoms with Crippen LogP contribution in [-0.2, 0) is 0 Å². The minimum Gasteiger partial charge on any atom is -0.491 e. The SMILES string of the molecule is CC1(NCC(O)COc2cccc(Cl)c2)CCCCC1. The lowest BCUT2D eigenvalue weighted by Gasteiger charge is -2.35. The molecule has 1 unspecified atom stereocenters. The zero-order valence-electron chi connectivity index (χ0n) is 12.1. The molecule has 1 aromatic carbocycles. The average molecular weight is 298 g/mol. The minimum atomic E-state index is -0.507. The second-order valence-corrected chi connectivity index (χ2v) is 6.36. The van der Waals surface area contributed by atoms with E-state index < -0.39 is 6.10 Å². The van der Waals surface area contributed by atoms with Crippen molar-refractivity contribution in [3.05, 3.63) is 29.3 Å². The number of halogens is 1. The van der Waals surface area contributed by atoms with Crippen LogP contribution in [0, 0.1) is 0 Å². The Hall–Kier alpha value is -0.770. The highest BCUT2D eigenvalue weighted by Crippen LogP contribution is 2.27. The molecule has 0 spiro atoms. The number of aliphatic hydroxyl groups excluding tert-OH is 1. The maximum atomic E-state index is 10.0. The zero-order valence-corrected chi connectivity index (χ0v) is 12.8. The molecule has 1 saturated carbocycles. The van der Waals surface area contributed by atoms with E-state index in [-0.39, 0.29) is 12.1 Å². The number of rotatable bonds is 6. The topological polar surface area (TPSA) is 41.5 Å². The molecule has 1 aromatic rings. The monoisotopic (exact) mass is 297 g/mol. The number of aliphatic hydroxyl groups is 1. The van der Waals surface area contributed by atoms with Crippen molar-refractivity contribution in [2.75, 3.05) is 13.2 Å². The van der Waals surface area contributed by atoms with Crippen LogP contribution in [0.25, 0.3) is 0 Å². The Kier molecular flexibility index (Phi) is 5.70. The van der Waals surface area contributed by atoms with Gasteiger partial charge in [-0.25, -0.2) is 0 Å². The van der Waals surface area contributed by atoms with E-state index in [0.29, 0.717) is 17.3 Å². The van der Waals surface area contributed by atoms with Gasteiger partial charge in [-0.2, -0.15) is 0 Å². The molecule has 20 heavy (non-hydrogen) atoms. The van der Waals surface area contributed by atoms with Gasteiger partial charge in [-0.1, -0.05) is 36.9 Å². The molecule has 2 rings (SSSR count). The second kappa shape index (κ2) is 7.30. The summed E-state index contributed by atoms with van der Waals surface area (Å²) < 4.78 is 5.55. The summed E-state index contributed by atoms with van der Waals surface area (Å²) in [6, 6.07) is 7.24. The fourth-order valence-corrected chi connectivity index (χ4v) is 2.86. The molecule has 1 fully saturated rings. The number of benzene rings is 1. The standard InChI is InChI=1S/C16H24ClNO2/c1-16(8-3-2-4-9-16)18-11-14(19)12-20-15-7-5-6-13(17)10-15/h5-7,10,14,18-19H,2-4,8-9,11-12H2,1H3. The van der Waals surface area contributed by atoms with Crippen molar-refractivity contribution in [2.24, 2.45) is 0 Å². The summed E-state index contributed by atoms with van der Waals surface area (Å²) in [6.07, 6.45) is 5.76. The van der Waals surface area contributed by atoms with Crippen LogP contribution in [0.4, 0.5) is 0 Å². The van der Waals surface area contributed by atoms with E-state index in [1.807, 2.05) is 12.1 Å². The van der Waals surface area contributed by atoms with Crippen LogP contribution in [0.1, 0.15) is 39.0 Å². The molecule has 0 heterocycles. The maximum Gasteiger partial charge on any atom is 0.120 e. The fraction of sp³-hybridized carbons (Fsp3) is 0.625. The smallest absolute Gasteiger partial charge is 0.120 e. The van der Waals surface area contributed by atoms with Crippen LogP contribution >= 0.6 is 11.6 Å². The van der Waals surface area contributed by atoms with Gasteiger partial charge in [0.2, 0.25) is 0 Å². The molecule has 0 amide bonds. The third-order valence-electron chi connectivity index (χ3n) is 3.96. The molecule has 1 aliphatic carbocycles. The average Bonchev–Trinajstić information content (AvgIpc) is 2.44. The van der Waals surface area contributed by atoms with Crippen LogP contribution in [0.5, 0.6) is 5.75 Å². The molecule has 0 aromatic heterocycles. The second-order valence-electron chi connectivity index (χ2n) is 5.92. The molecule has 3 nitrogen and oxygen atoms in total. The summed E-state index contributed by atoms with van der Waals surface area (Å²) in [5.41, 5.74) is 0.176. The predicted octanol–water partition coefficient (Wildman–Crippen LogP) is 3.39. The highest BCUT2D eigenvalue weighted by Gasteiger charge is 2.26. The first-order chi connectivity index (χ1) is 9.57. The quantitative estimate of drug-likeness (QED) is 0.846. The maximum absolute atomic E-state index is 10.0. The van der Waals surface area contributed by atoms with Crippen molar-refractivity contribution in [3.63, 3.8) is 0 Å². The lowest BCUT2D eigenvalue weighted by Crippen LogP contribution is -2.48. The molecular formula is C16H24ClNO2. The van der Waals surface area contributed by atoms with Crippen molar-refractivity contribution in [2.45, 2.75) is 50.7 Å². The first kappa shape index (κ1) is 15.6. The third-order valence-corrected chi connectivity index (χ3v) is 4.20. The normalized spacial score (nSPS) is 19.6. The van der Waals surface area contributed by atoms with Gasteiger partial charge in [0.15, 0.2) is 0 Å². The lowest BCUT2D eigenvalue weighted by molar-refractivity contribution is 0.0930. The molecule has 0 saturated heterocycles. The first-order valence-electron chi connectivity index (χ1n) is 7.39. The van der Waals surface area contributed by atoms with Crippen LogP contribution in [-0.4, -0.2) is 29.9 Å². The van der Waals surface area contributed by atoms with Gasteiger partial charge in [-0.3, -0.25) is 0 Å². The highest BCUT2D eigenvalue weighted by molar-refractivity contribution is 6.30. The Morgan fingerprint density at radius 1 is 1.35 bits per heavy atom. The number of hydrogen-bond donors (Lipinski definition) is 2. The van der Waals surface area contributed by atoms with E-state index in [1.54, 1.807) is 12.1 Å². The summed E-state index contributed by atoms with van der Waals surface area (Å²) >= 11 is 5.89. The fourth-order valence-electron chi connectivity index (χ4n) is 2.68. The molecule has 112 valence electrons. The highest BCUT2D eigenvalue weighted by atomic mass is 35.5. The van der Waals surface area contributed by atoms with Gasteiger partial charge >= 0.3 is 0 Å². The van der Waals surface area contributed by atoms with Crippen molar-refractivity contribution < 1.29 is 9.84 Å². The number of hydrogen-bond acceptors (Lipinski definition) is 3. The van der Waals surface area contributed by atoms with E-state index in [2.05, 4.69) is 12.2 Å². The van der Waals surface area contributed by atoms with Gasteiger partial charge in [-0.15, -0.1) is 0 Å². The van der Waals surface area contributed by atoms with Crippen molar-refractivity contribution in [1.29, 1.82) is 0 Å². The summed E-state index contributed by atoms with van der Waals surface area (Å²) in [6.45, 7) is 3.09. The van der Waals surface area contributed by atoms with Crippen LogP contribution < -0.4 is 10.1 Å². The molecule has 2 N–H and O–H groups in total. The lowest BCUT2D eigenvalue weighted by atomic mass is 9.83. The number of nitrogens with one attached hydrogen (secondary N) is 1. The van der Waals surface area contributed by atoms with E-state index in [4.69, 9.17) is 16.3 Å². The third kappa shape index (κ3) is 4.97. The molecule has 1 atom stereocenters. The van der Waals surface area contributed by atoms with Gasteiger partial charge < -0.3 is 15.2 Å². The van der Waals surface area contributed by atoms with Crippen LogP contribution in [0.15, 0.2) is 24.3 Å². The number of ether oxygens (including phenoxy) is 1. The minimum absolute atomic E-state index is 0.176. The van der Waals surface area contributed by atoms with Crippen molar-refractivity contribution >= 4 is 11.6 Å². The Bertz CT molecular complexity index is 419. The molecular weight excluding hydrogens is 274 g/mol. The summed E-state index contributed by atoms with van der Waals surface area (Å²) in [4.78, 5) is 0. The van der Waals surface area contributed by atoms with Gasteiger partial charge in [0, 0.05) is 17.1 Å². The molecule has 0 bridgehead atoms. The van der Waals surface area contributed by atoms with E-state index in [9.17, 15) is 5.11 Å². The number of β-amino-alcohol motifs (C(OH)–C–C–N with tert-alkyl or cyclic N) is 1. The summed E-state index contributed by atoms with van der Waals surface area (Å²) in [5, 5.41) is 14.1. The molecule has 0 aliphatic heterocycles. The molecule has 4 heteroatoms. The Balaban J connectivity index is 1.71. The molecule has 1 aliphatic rings. The van der Waals surface area contributed by atoms with Gasteiger partial charge in [0.1, 0.15) is 18.5 Å². The predicted molar refractivity (Wildman–Crippen MR) is 82.4 cm³/mol. The largest absolute Gasteiger partial charge is 0.491 e. The zero-order chi connectivity index (χ0) is 14.4. The summed E-state index contributed by atoms with van der Waals surface area (Å²) in [7, 11) is 0. The Morgan fingerprint density at radius 3 is 2.80 bits per heavy atom. The Labute approximate surface area is 126 Å². The van der Waals surface area contributed by atoms with Gasteiger partial charge in [-0.05, 0) is 38.0 Å². The van der Waals surface area contributed by atoms with E-state index in [0.717, 1.165) is 0 Å². The van der Waals surface area contributed by atoms with E-state index in [1.165, 1.54) is 32.1 Å². The van der Waals surface area contributed by atoms with Gasteiger partial charge in [0.05, 0.1) is 0 Å². The van der Waals surface area contributed by atoms with Gasteiger partial charge in [0.25, 0.3) is 0 Å². The van der Waals surface area contributed by atoms with Crippen LogP contribution in [0.3, 0.4) is 0 Å². The van der Waals surface area contributed by atoms with Crippen LogP contribution in [0.2, 0.25) is 5.02 Å². The first-order valence-corrected chi connectivity index (χ1v) is 7.77. The molecule has 0 radical (unpaired) electrons. The van der Waals surface area contributed by atoms with E-state index >= 15 is 0 Å². The van der Waals surface area contributed by atoms with Crippen molar-refractivity contribution in [1.82, 2.24) is 5.32 Å². The Morgan fingerprint density at radius 2 is 2.10 bits per heavy atom.